The Morgan fingerprint density at radius 2 is 2.24 bits per heavy atom. The van der Waals surface area contributed by atoms with Crippen LogP contribution in [-0.4, -0.2) is 9.38 Å². The van der Waals surface area contributed by atoms with E-state index < -0.39 is 0 Å². The highest BCUT2D eigenvalue weighted by Gasteiger charge is 2.15. The van der Waals surface area contributed by atoms with Gasteiger partial charge in [-0.05, 0) is 24.3 Å². The second kappa shape index (κ2) is 3.89. The van der Waals surface area contributed by atoms with Gasteiger partial charge >= 0.3 is 0 Å². The molecule has 0 bridgehead atoms. The first-order valence-electron chi connectivity index (χ1n) is 5.06. The molecule has 86 valence electrons. The quantitative estimate of drug-likeness (QED) is 0.652. The maximum atomic E-state index is 13.2. The minimum atomic E-state index is -0.327. The van der Waals surface area contributed by atoms with Crippen LogP contribution in [0.1, 0.15) is 5.69 Å². The Hall–Kier alpha value is -1.81. The van der Waals surface area contributed by atoms with E-state index in [1.165, 1.54) is 12.3 Å². The number of fused-ring (bicyclic) bond motifs is 1. The van der Waals surface area contributed by atoms with E-state index in [0.29, 0.717) is 17.1 Å². The molecule has 0 saturated carbocycles. The van der Waals surface area contributed by atoms with Crippen LogP contribution in [0.25, 0.3) is 17.1 Å². The maximum absolute atomic E-state index is 13.2. The summed E-state index contributed by atoms with van der Waals surface area (Å²) >= 11 is 5.90. The number of aromatic nitrogens is 2. The number of rotatable bonds is 2. The largest absolute Gasteiger partial charge is 0.463 e. The molecule has 3 heterocycles. The Bertz CT molecular complexity index is 661. The number of nitrogens with zero attached hydrogens (tertiary/aromatic N) is 2. The first-order chi connectivity index (χ1) is 8.29. The normalized spacial score (nSPS) is 11.2. The van der Waals surface area contributed by atoms with Crippen molar-refractivity contribution in [3.05, 3.63) is 48.2 Å². The molecule has 3 aromatic rings. The van der Waals surface area contributed by atoms with Gasteiger partial charge in [-0.25, -0.2) is 9.37 Å². The Morgan fingerprint density at radius 1 is 1.35 bits per heavy atom. The second-order valence-electron chi connectivity index (χ2n) is 3.59. The van der Waals surface area contributed by atoms with Gasteiger partial charge in [-0.1, -0.05) is 0 Å². The Labute approximate surface area is 101 Å². The first kappa shape index (κ1) is 10.4. The van der Waals surface area contributed by atoms with Crippen LogP contribution in [0.2, 0.25) is 0 Å². The topological polar surface area (TPSA) is 30.4 Å². The number of alkyl halides is 1. The Morgan fingerprint density at radius 3 is 2.94 bits per heavy atom. The monoisotopic (exact) mass is 250 g/mol. The van der Waals surface area contributed by atoms with Crippen molar-refractivity contribution in [3.63, 3.8) is 0 Å². The fourth-order valence-electron chi connectivity index (χ4n) is 1.81. The van der Waals surface area contributed by atoms with Gasteiger partial charge < -0.3 is 4.42 Å². The summed E-state index contributed by atoms with van der Waals surface area (Å²) in [5, 5.41) is 0. The zero-order valence-corrected chi connectivity index (χ0v) is 9.49. The van der Waals surface area contributed by atoms with Crippen LogP contribution in [0.3, 0.4) is 0 Å². The summed E-state index contributed by atoms with van der Waals surface area (Å²) in [5.41, 5.74) is 2.01. The van der Waals surface area contributed by atoms with E-state index in [0.717, 1.165) is 5.69 Å². The van der Waals surface area contributed by atoms with Crippen molar-refractivity contribution >= 4 is 17.2 Å². The van der Waals surface area contributed by atoms with Crippen LogP contribution in [0.5, 0.6) is 0 Å². The maximum Gasteiger partial charge on any atom is 0.154 e. The van der Waals surface area contributed by atoms with Gasteiger partial charge in [0.2, 0.25) is 0 Å². The van der Waals surface area contributed by atoms with E-state index in [1.807, 2.05) is 0 Å². The summed E-state index contributed by atoms with van der Waals surface area (Å²) in [7, 11) is 0. The molecule has 0 fully saturated rings. The molecule has 0 radical (unpaired) electrons. The molecule has 0 amide bonds. The molecule has 3 nitrogen and oxygen atoms in total. The lowest BCUT2D eigenvalue weighted by atomic mass is 10.3. The number of pyridine rings is 1. The molecule has 0 spiro atoms. The van der Waals surface area contributed by atoms with Crippen molar-refractivity contribution in [2.24, 2.45) is 0 Å². The van der Waals surface area contributed by atoms with E-state index in [-0.39, 0.29) is 11.7 Å². The minimum Gasteiger partial charge on any atom is -0.463 e. The van der Waals surface area contributed by atoms with E-state index in [1.54, 1.807) is 28.9 Å². The van der Waals surface area contributed by atoms with Gasteiger partial charge in [-0.15, -0.1) is 11.6 Å². The van der Waals surface area contributed by atoms with Crippen LogP contribution >= 0.6 is 11.6 Å². The van der Waals surface area contributed by atoms with Crippen molar-refractivity contribution in [1.82, 2.24) is 9.38 Å². The molecular formula is C12H8ClFN2O. The van der Waals surface area contributed by atoms with Crippen molar-refractivity contribution in [2.75, 3.05) is 0 Å². The SMILES string of the molecule is Fc1ccc2nc(-c3ccco3)c(CCl)n2c1. The predicted molar refractivity (Wildman–Crippen MR) is 62.4 cm³/mol. The van der Waals surface area contributed by atoms with Crippen LogP contribution in [0.4, 0.5) is 4.39 Å². The molecule has 0 aliphatic rings. The Balaban J connectivity index is 2.32. The van der Waals surface area contributed by atoms with Crippen LogP contribution < -0.4 is 0 Å². The molecule has 0 aliphatic carbocycles. The summed E-state index contributed by atoms with van der Waals surface area (Å²) < 4.78 is 20.1. The van der Waals surface area contributed by atoms with Crippen LogP contribution in [0.15, 0.2) is 41.1 Å². The van der Waals surface area contributed by atoms with E-state index in [2.05, 4.69) is 4.98 Å². The number of imidazole rings is 1. The van der Waals surface area contributed by atoms with E-state index in [9.17, 15) is 4.39 Å². The zero-order valence-electron chi connectivity index (χ0n) is 8.73. The number of hydrogen-bond acceptors (Lipinski definition) is 2. The van der Waals surface area contributed by atoms with Gasteiger partial charge in [0, 0.05) is 6.20 Å². The fourth-order valence-corrected chi connectivity index (χ4v) is 2.06. The molecule has 0 saturated heterocycles. The summed E-state index contributed by atoms with van der Waals surface area (Å²) in [4.78, 5) is 4.39. The molecule has 0 atom stereocenters. The standard InChI is InChI=1S/C12H8ClFN2O/c13-6-9-12(10-2-1-5-17-10)15-11-4-3-8(14)7-16(9)11/h1-5,7H,6H2. The highest BCUT2D eigenvalue weighted by molar-refractivity contribution is 6.17. The Kier molecular flexibility index (Phi) is 2.37. The number of hydrogen-bond donors (Lipinski definition) is 0. The molecule has 0 aliphatic heterocycles. The minimum absolute atomic E-state index is 0.237. The summed E-state index contributed by atoms with van der Waals surface area (Å²) in [6, 6.07) is 6.55. The van der Waals surface area contributed by atoms with Crippen molar-refractivity contribution in [2.45, 2.75) is 5.88 Å². The summed E-state index contributed by atoms with van der Waals surface area (Å²) in [5.74, 6) is 0.540. The average Bonchev–Trinajstić information content (AvgIpc) is 2.94. The van der Waals surface area contributed by atoms with Crippen molar-refractivity contribution in [3.8, 4) is 11.5 Å². The summed E-state index contributed by atoms with van der Waals surface area (Å²) in [6.07, 6.45) is 2.93. The third-order valence-corrected chi connectivity index (χ3v) is 2.82. The molecular weight excluding hydrogens is 243 g/mol. The van der Waals surface area contributed by atoms with Crippen molar-refractivity contribution in [1.29, 1.82) is 0 Å². The lowest BCUT2D eigenvalue weighted by Crippen LogP contribution is -1.92. The fraction of sp³-hybridized carbons (Fsp3) is 0.0833. The molecule has 3 rings (SSSR count). The smallest absolute Gasteiger partial charge is 0.154 e. The molecule has 0 N–H and O–H groups in total. The van der Waals surface area contributed by atoms with Gasteiger partial charge in [0.15, 0.2) is 5.76 Å². The lowest BCUT2D eigenvalue weighted by molar-refractivity contribution is 0.580. The second-order valence-corrected chi connectivity index (χ2v) is 3.86. The van der Waals surface area contributed by atoms with Gasteiger partial charge in [0.05, 0.1) is 17.8 Å². The first-order valence-corrected chi connectivity index (χ1v) is 5.59. The van der Waals surface area contributed by atoms with Gasteiger partial charge in [0.1, 0.15) is 17.2 Å². The van der Waals surface area contributed by atoms with Gasteiger partial charge in [0.25, 0.3) is 0 Å². The lowest BCUT2D eigenvalue weighted by Gasteiger charge is -1.98. The highest BCUT2D eigenvalue weighted by atomic mass is 35.5. The van der Waals surface area contributed by atoms with Crippen LogP contribution in [-0.2, 0) is 5.88 Å². The average molecular weight is 251 g/mol. The van der Waals surface area contributed by atoms with Crippen LogP contribution in [0, 0.1) is 5.82 Å². The number of furan rings is 1. The molecule has 17 heavy (non-hydrogen) atoms. The third kappa shape index (κ3) is 1.61. The van der Waals surface area contributed by atoms with Gasteiger partial charge in [-0.3, -0.25) is 4.40 Å². The van der Waals surface area contributed by atoms with E-state index >= 15 is 0 Å². The predicted octanol–water partition coefficient (Wildman–Crippen LogP) is 3.47. The molecule has 0 unspecified atom stereocenters. The van der Waals surface area contributed by atoms with E-state index in [4.69, 9.17) is 16.0 Å². The highest BCUT2D eigenvalue weighted by Crippen LogP contribution is 2.26. The van der Waals surface area contributed by atoms with Crippen molar-refractivity contribution < 1.29 is 8.81 Å². The molecule has 0 aromatic carbocycles. The van der Waals surface area contributed by atoms with Gasteiger partial charge in [-0.2, -0.15) is 0 Å². The summed E-state index contributed by atoms with van der Waals surface area (Å²) in [6.45, 7) is 0. The molecule has 5 heteroatoms. The third-order valence-electron chi connectivity index (χ3n) is 2.56. The zero-order chi connectivity index (χ0) is 11.8. The molecule has 3 aromatic heterocycles. The number of halogens is 2.